The van der Waals surface area contributed by atoms with Gasteiger partial charge >= 0.3 is 18.1 Å². The van der Waals surface area contributed by atoms with Crippen LogP contribution in [0, 0.1) is 5.82 Å². The number of hydrogen-bond donors (Lipinski definition) is 1. The van der Waals surface area contributed by atoms with Crippen LogP contribution in [0.5, 0.6) is 0 Å². The van der Waals surface area contributed by atoms with Crippen LogP contribution in [0.15, 0.2) is 18.2 Å². The first-order valence-electron chi connectivity index (χ1n) is 5.69. The average molecular weight is 352 g/mol. The number of carbonyl (C=O) groups excluding carboxylic acids is 1. The molecule has 0 aliphatic heterocycles. The quantitative estimate of drug-likeness (QED) is 0.667. The maximum atomic E-state index is 13.7. The number of hydrogen-bond acceptors (Lipinski definition) is 3. The van der Waals surface area contributed by atoms with E-state index in [-0.39, 0.29) is 18.5 Å². The van der Waals surface area contributed by atoms with E-state index in [1.807, 2.05) is 0 Å². The summed E-state index contributed by atoms with van der Waals surface area (Å²) in [6, 6.07) is -1.56. The largest absolute Gasteiger partial charge is 0.462 e. The zero-order valence-electron chi connectivity index (χ0n) is 11.1. The number of carbonyl (C=O) groups is 1. The van der Waals surface area contributed by atoms with Crippen molar-refractivity contribution in [2.24, 2.45) is 5.73 Å². The van der Waals surface area contributed by atoms with Gasteiger partial charge in [-0.25, -0.2) is 9.18 Å². The van der Waals surface area contributed by atoms with Gasteiger partial charge in [-0.05, 0) is 24.6 Å². The Labute approximate surface area is 127 Å². The van der Waals surface area contributed by atoms with Gasteiger partial charge in [0.2, 0.25) is 0 Å². The Morgan fingerprint density at radius 1 is 1.27 bits per heavy atom. The van der Waals surface area contributed by atoms with Gasteiger partial charge in [0.05, 0.1) is 12.2 Å². The smallest absolute Gasteiger partial charge is 0.416 e. The molecule has 0 unspecified atom stereocenters. The predicted molar refractivity (Wildman–Crippen MR) is 67.2 cm³/mol. The Kier molecular flexibility index (Phi) is 6.70. The lowest BCUT2D eigenvalue weighted by atomic mass is 9.95. The van der Waals surface area contributed by atoms with Crippen molar-refractivity contribution in [3.63, 3.8) is 0 Å². The zero-order valence-corrected chi connectivity index (χ0v) is 11.9. The molecule has 0 saturated carbocycles. The van der Waals surface area contributed by atoms with Gasteiger partial charge < -0.3 is 10.5 Å². The summed E-state index contributed by atoms with van der Waals surface area (Å²) in [5.74, 6) is -7.69. The van der Waals surface area contributed by atoms with Crippen molar-refractivity contribution in [2.45, 2.75) is 25.1 Å². The van der Waals surface area contributed by atoms with Crippen LogP contribution in [-0.2, 0) is 15.7 Å². The van der Waals surface area contributed by atoms with Crippen molar-refractivity contribution in [3.05, 3.63) is 35.1 Å². The topological polar surface area (TPSA) is 52.3 Å². The minimum absolute atomic E-state index is 0. The molecule has 0 heterocycles. The minimum Gasteiger partial charge on any atom is -0.462 e. The van der Waals surface area contributed by atoms with Gasteiger partial charge in [-0.15, -0.1) is 12.4 Å². The molecule has 1 rings (SSSR count). The Balaban J connectivity index is 0.00000441. The molecule has 0 bridgehead atoms. The van der Waals surface area contributed by atoms with E-state index in [0.717, 1.165) is 0 Å². The summed E-state index contributed by atoms with van der Waals surface area (Å²) < 4.78 is 82.6. The maximum absolute atomic E-state index is 13.7. The lowest BCUT2D eigenvalue weighted by Crippen LogP contribution is -2.42. The van der Waals surface area contributed by atoms with Crippen molar-refractivity contribution in [1.29, 1.82) is 0 Å². The molecule has 126 valence electrons. The number of benzene rings is 1. The van der Waals surface area contributed by atoms with Crippen molar-refractivity contribution in [3.8, 4) is 0 Å². The molecule has 0 amide bonds. The first kappa shape index (κ1) is 20.5. The molecule has 0 spiro atoms. The van der Waals surface area contributed by atoms with Crippen molar-refractivity contribution >= 4 is 18.4 Å². The van der Waals surface area contributed by atoms with Crippen LogP contribution >= 0.6 is 12.4 Å². The van der Waals surface area contributed by atoms with Crippen LogP contribution in [-0.4, -0.2) is 18.5 Å². The summed E-state index contributed by atoms with van der Waals surface area (Å²) in [5.41, 5.74) is 2.32. The molecular weight excluding hydrogens is 340 g/mol. The highest BCUT2D eigenvalue weighted by Crippen LogP contribution is 2.39. The normalized spacial score (nSPS) is 13.3. The Morgan fingerprint density at radius 3 is 2.27 bits per heavy atom. The summed E-state index contributed by atoms with van der Waals surface area (Å²) >= 11 is 0. The van der Waals surface area contributed by atoms with Crippen LogP contribution in [0.1, 0.15) is 24.1 Å². The average Bonchev–Trinajstić information content (AvgIpc) is 2.37. The minimum atomic E-state index is -5.10. The third-order valence-electron chi connectivity index (χ3n) is 2.59. The van der Waals surface area contributed by atoms with Gasteiger partial charge in [-0.2, -0.15) is 22.0 Å². The van der Waals surface area contributed by atoms with E-state index in [9.17, 15) is 31.1 Å². The van der Waals surface area contributed by atoms with Crippen molar-refractivity contribution < 1.29 is 35.9 Å². The second kappa shape index (κ2) is 7.19. The highest BCUT2D eigenvalue weighted by molar-refractivity contribution is 5.85. The molecule has 0 radical (unpaired) electrons. The van der Waals surface area contributed by atoms with E-state index in [2.05, 4.69) is 4.74 Å². The Bertz CT molecular complexity index is 535. The fourth-order valence-electron chi connectivity index (χ4n) is 1.59. The van der Waals surface area contributed by atoms with E-state index >= 15 is 0 Å². The summed E-state index contributed by atoms with van der Waals surface area (Å²) in [6.07, 6.45) is -5.10. The third-order valence-corrected chi connectivity index (χ3v) is 2.59. The van der Waals surface area contributed by atoms with Gasteiger partial charge in [-0.3, -0.25) is 0 Å². The summed E-state index contributed by atoms with van der Waals surface area (Å²) in [6.45, 7) is 0.856. The highest BCUT2D eigenvalue weighted by Gasteiger charge is 2.50. The van der Waals surface area contributed by atoms with Gasteiger partial charge in [-0.1, -0.05) is 6.07 Å². The number of ether oxygens (including phenoxy) is 1. The molecule has 0 aromatic heterocycles. The predicted octanol–water partition coefficient (Wildman–Crippen LogP) is 3.46. The molecule has 0 aliphatic carbocycles. The number of nitrogens with two attached hydrogens (primary N) is 1. The van der Waals surface area contributed by atoms with Crippen LogP contribution in [0.2, 0.25) is 0 Å². The van der Waals surface area contributed by atoms with Crippen LogP contribution < -0.4 is 5.73 Å². The second-order valence-electron chi connectivity index (χ2n) is 4.05. The maximum Gasteiger partial charge on any atom is 0.416 e. The summed E-state index contributed by atoms with van der Waals surface area (Å²) in [5, 5.41) is 0. The number of rotatable bonds is 4. The molecule has 22 heavy (non-hydrogen) atoms. The monoisotopic (exact) mass is 351 g/mol. The molecule has 3 nitrogen and oxygen atoms in total. The van der Waals surface area contributed by atoms with Crippen molar-refractivity contribution in [2.75, 3.05) is 6.61 Å². The highest BCUT2D eigenvalue weighted by atomic mass is 35.5. The number of alkyl halides is 5. The van der Waals surface area contributed by atoms with Crippen LogP contribution in [0.4, 0.5) is 26.3 Å². The fourth-order valence-corrected chi connectivity index (χ4v) is 1.59. The molecule has 1 aromatic carbocycles. The third kappa shape index (κ3) is 4.26. The molecule has 0 fully saturated rings. The van der Waals surface area contributed by atoms with Gasteiger partial charge in [0, 0.05) is 0 Å². The molecular formula is C12H12ClF6NO2. The number of esters is 1. The lowest BCUT2D eigenvalue weighted by Gasteiger charge is -2.24. The van der Waals surface area contributed by atoms with Crippen molar-refractivity contribution in [1.82, 2.24) is 0 Å². The Morgan fingerprint density at radius 2 is 1.82 bits per heavy atom. The van der Waals surface area contributed by atoms with Crippen LogP contribution in [0.3, 0.4) is 0 Å². The van der Waals surface area contributed by atoms with E-state index < -0.39 is 47.7 Å². The lowest BCUT2D eigenvalue weighted by molar-refractivity contribution is -0.175. The summed E-state index contributed by atoms with van der Waals surface area (Å²) in [4.78, 5) is 11.1. The molecule has 1 atom stereocenters. The van der Waals surface area contributed by atoms with E-state index in [0.29, 0.717) is 12.1 Å². The first-order valence-corrected chi connectivity index (χ1v) is 5.69. The standard InChI is InChI=1S/C12H11F6NO2.ClH/c1-2-21-10(20)11(14,15)9(19)7-4-3-6(13)5-8(7)12(16,17)18;/h3-5,9H,2,19H2,1H3;1H/t9-;/m0./s1. The fraction of sp³-hybridized carbons (Fsp3) is 0.417. The summed E-state index contributed by atoms with van der Waals surface area (Å²) in [7, 11) is 0. The van der Waals surface area contributed by atoms with Gasteiger partial charge in [0.1, 0.15) is 11.9 Å². The van der Waals surface area contributed by atoms with E-state index in [1.54, 1.807) is 0 Å². The van der Waals surface area contributed by atoms with E-state index in [4.69, 9.17) is 5.73 Å². The molecule has 2 N–H and O–H groups in total. The van der Waals surface area contributed by atoms with Gasteiger partial charge in [0.25, 0.3) is 0 Å². The molecule has 0 aliphatic rings. The van der Waals surface area contributed by atoms with Gasteiger partial charge in [0.15, 0.2) is 0 Å². The van der Waals surface area contributed by atoms with Crippen LogP contribution in [0.25, 0.3) is 0 Å². The van der Waals surface area contributed by atoms with E-state index in [1.165, 1.54) is 6.92 Å². The molecule has 0 saturated heterocycles. The zero-order chi connectivity index (χ0) is 16.4. The second-order valence-corrected chi connectivity index (χ2v) is 4.05. The molecule has 10 heteroatoms. The SMILES string of the molecule is CCOC(=O)C(F)(F)[C@@H](N)c1ccc(F)cc1C(F)(F)F.Cl. The first-order chi connectivity index (χ1) is 9.51. The number of halogens is 7. The molecule has 1 aromatic rings. The Hall–Kier alpha value is -1.48.